The van der Waals surface area contributed by atoms with Gasteiger partial charge < -0.3 is 10.2 Å². The second-order valence-corrected chi connectivity index (χ2v) is 7.02. The number of urea groups is 1. The zero-order valence-corrected chi connectivity index (χ0v) is 12.9. The lowest BCUT2D eigenvalue weighted by Gasteiger charge is -2.21. The highest BCUT2D eigenvalue weighted by atomic mass is 32.2. The normalized spacial score (nSPS) is 17.1. The molecule has 1 N–H and O–H groups in total. The van der Waals surface area contributed by atoms with Crippen LogP contribution in [-0.4, -0.2) is 56.1 Å². The Bertz CT molecular complexity index is 666. The largest absolute Gasteiger partial charge is 0.323 e. The lowest BCUT2D eigenvalue weighted by molar-refractivity contribution is 0.214. The predicted octanol–water partition coefficient (Wildman–Crippen LogP) is 1.46. The molecule has 1 fully saturated rings. The Balaban J connectivity index is 2.03. The Morgan fingerprint density at radius 3 is 2.59 bits per heavy atom. The summed E-state index contributed by atoms with van der Waals surface area (Å²) >= 11 is 0. The number of carbonyl (C=O) groups is 1. The molecule has 1 aliphatic heterocycles. The molecule has 2 rings (SSSR count). The summed E-state index contributed by atoms with van der Waals surface area (Å²) < 4.78 is 50.9. The topological polar surface area (TPSA) is 69.7 Å². The van der Waals surface area contributed by atoms with Gasteiger partial charge in [0, 0.05) is 26.2 Å². The van der Waals surface area contributed by atoms with Crippen LogP contribution in [-0.2, 0) is 10.0 Å². The summed E-state index contributed by atoms with van der Waals surface area (Å²) in [5.74, 6) is -2.17. The number of amides is 2. The number of hydrogen-bond acceptors (Lipinski definition) is 3. The molecule has 1 aromatic rings. The molecule has 1 saturated heterocycles. The van der Waals surface area contributed by atoms with Crippen molar-refractivity contribution < 1.29 is 22.0 Å². The lowest BCUT2D eigenvalue weighted by Crippen LogP contribution is -2.39. The van der Waals surface area contributed by atoms with E-state index in [0.29, 0.717) is 19.5 Å². The monoisotopic (exact) mass is 333 g/mol. The average molecular weight is 333 g/mol. The van der Waals surface area contributed by atoms with Crippen LogP contribution in [0.3, 0.4) is 0 Å². The van der Waals surface area contributed by atoms with Gasteiger partial charge in [-0.25, -0.2) is 26.3 Å². The van der Waals surface area contributed by atoms with Crippen molar-refractivity contribution in [3.8, 4) is 0 Å². The standard InChI is InChI=1S/C13H17F2N3O3S/c1-22(20,21)18-7-3-6-17(8-9-18)13(19)16-11-5-2-4-10(14)12(11)15/h2,4-5H,3,6-9H2,1H3,(H,16,19). The van der Waals surface area contributed by atoms with Gasteiger partial charge in [-0.1, -0.05) is 6.07 Å². The van der Waals surface area contributed by atoms with Crippen LogP contribution in [0.4, 0.5) is 19.3 Å². The number of rotatable bonds is 2. The number of hydrogen-bond donors (Lipinski definition) is 1. The molecule has 9 heteroatoms. The molecule has 0 saturated carbocycles. The molecule has 1 aliphatic rings. The minimum absolute atomic E-state index is 0.178. The third kappa shape index (κ3) is 3.92. The van der Waals surface area contributed by atoms with Crippen molar-refractivity contribution in [2.75, 3.05) is 37.8 Å². The maximum atomic E-state index is 13.5. The number of halogens is 2. The van der Waals surface area contributed by atoms with E-state index in [2.05, 4.69) is 5.32 Å². The molecule has 122 valence electrons. The van der Waals surface area contributed by atoms with Crippen molar-refractivity contribution in [2.45, 2.75) is 6.42 Å². The minimum Gasteiger partial charge on any atom is -0.323 e. The molecule has 6 nitrogen and oxygen atoms in total. The second-order valence-electron chi connectivity index (χ2n) is 5.03. The summed E-state index contributed by atoms with van der Waals surface area (Å²) in [6, 6.07) is 2.93. The third-order valence-electron chi connectivity index (χ3n) is 3.40. The fourth-order valence-electron chi connectivity index (χ4n) is 2.22. The van der Waals surface area contributed by atoms with Crippen LogP contribution in [0, 0.1) is 11.6 Å². The van der Waals surface area contributed by atoms with Gasteiger partial charge in [-0.05, 0) is 18.6 Å². The van der Waals surface area contributed by atoms with Gasteiger partial charge in [0.05, 0.1) is 11.9 Å². The van der Waals surface area contributed by atoms with Crippen molar-refractivity contribution in [3.63, 3.8) is 0 Å². The van der Waals surface area contributed by atoms with Crippen LogP contribution in [0.5, 0.6) is 0 Å². The number of anilines is 1. The molecule has 0 radical (unpaired) electrons. The van der Waals surface area contributed by atoms with Crippen molar-refractivity contribution in [3.05, 3.63) is 29.8 Å². The van der Waals surface area contributed by atoms with Crippen molar-refractivity contribution >= 4 is 21.7 Å². The van der Waals surface area contributed by atoms with E-state index in [-0.39, 0.29) is 18.8 Å². The Kier molecular flexibility index (Phi) is 4.97. The van der Waals surface area contributed by atoms with E-state index in [4.69, 9.17) is 0 Å². The molecule has 22 heavy (non-hydrogen) atoms. The van der Waals surface area contributed by atoms with Gasteiger partial charge in [0.15, 0.2) is 11.6 Å². The maximum absolute atomic E-state index is 13.5. The lowest BCUT2D eigenvalue weighted by atomic mass is 10.3. The van der Waals surface area contributed by atoms with Gasteiger partial charge in [0.2, 0.25) is 10.0 Å². The first-order chi connectivity index (χ1) is 10.3. The van der Waals surface area contributed by atoms with Gasteiger partial charge in [0.25, 0.3) is 0 Å². The molecule has 0 aromatic heterocycles. The van der Waals surface area contributed by atoms with Crippen LogP contribution in [0.1, 0.15) is 6.42 Å². The molecule has 1 heterocycles. The maximum Gasteiger partial charge on any atom is 0.321 e. The molecular formula is C13H17F2N3O3S. The molecular weight excluding hydrogens is 316 g/mol. The van der Waals surface area contributed by atoms with Crippen LogP contribution < -0.4 is 5.32 Å². The Hall–Kier alpha value is -1.74. The molecule has 0 bridgehead atoms. The molecule has 0 unspecified atom stereocenters. The SMILES string of the molecule is CS(=O)(=O)N1CCCN(C(=O)Nc2cccc(F)c2F)CC1. The summed E-state index contributed by atoms with van der Waals surface area (Å²) in [7, 11) is -3.30. The number of benzene rings is 1. The highest BCUT2D eigenvalue weighted by molar-refractivity contribution is 7.88. The summed E-state index contributed by atoms with van der Waals surface area (Å²) in [5.41, 5.74) is -0.241. The first kappa shape index (κ1) is 16.6. The van der Waals surface area contributed by atoms with Crippen molar-refractivity contribution in [2.24, 2.45) is 0 Å². The average Bonchev–Trinajstić information content (AvgIpc) is 2.69. The number of sulfonamides is 1. The zero-order valence-electron chi connectivity index (χ0n) is 12.1. The van der Waals surface area contributed by atoms with Crippen molar-refractivity contribution in [1.82, 2.24) is 9.21 Å². The minimum atomic E-state index is -3.30. The quantitative estimate of drug-likeness (QED) is 0.891. The van der Waals surface area contributed by atoms with Crippen LogP contribution in [0.2, 0.25) is 0 Å². The number of carbonyl (C=O) groups excluding carboxylic acids is 1. The van der Waals surface area contributed by atoms with Crippen LogP contribution in [0.15, 0.2) is 18.2 Å². The molecule has 0 atom stereocenters. The highest BCUT2D eigenvalue weighted by Gasteiger charge is 2.24. The molecule has 0 aliphatic carbocycles. The summed E-state index contributed by atoms with van der Waals surface area (Å²) in [6.07, 6.45) is 1.59. The van der Waals surface area contributed by atoms with E-state index >= 15 is 0 Å². The Labute approximate surface area is 127 Å². The number of nitrogens with one attached hydrogen (secondary N) is 1. The first-order valence-corrected chi connectivity index (χ1v) is 8.59. The van der Waals surface area contributed by atoms with Gasteiger partial charge in [-0.15, -0.1) is 0 Å². The van der Waals surface area contributed by atoms with Gasteiger partial charge in [0.1, 0.15) is 0 Å². The fourth-order valence-corrected chi connectivity index (χ4v) is 3.10. The number of nitrogens with zero attached hydrogens (tertiary/aromatic N) is 2. The van der Waals surface area contributed by atoms with E-state index in [0.717, 1.165) is 12.3 Å². The summed E-state index contributed by atoms with van der Waals surface area (Å²) in [6.45, 7) is 1.04. The third-order valence-corrected chi connectivity index (χ3v) is 4.71. The van der Waals surface area contributed by atoms with E-state index < -0.39 is 27.7 Å². The van der Waals surface area contributed by atoms with E-state index in [1.54, 1.807) is 0 Å². The summed E-state index contributed by atoms with van der Waals surface area (Å²) in [4.78, 5) is 13.5. The Morgan fingerprint density at radius 2 is 1.91 bits per heavy atom. The smallest absolute Gasteiger partial charge is 0.321 e. The second kappa shape index (κ2) is 6.57. The Morgan fingerprint density at radius 1 is 1.18 bits per heavy atom. The fraction of sp³-hybridized carbons (Fsp3) is 0.462. The van der Waals surface area contributed by atoms with Crippen LogP contribution in [0.25, 0.3) is 0 Å². The van der Waals surface area contributed by atoms with Crippen LogP contribution >= 0.6 is 0 Å². The zero-order chi connectivity index (χ0) is 16.3. The van der Waals surface area contributed by atoms with E-state index in [9.17, 15) is 22.0 Å². The molecule has 1 aromatic carbocycles. The molecule has 2 amide bonds. The molecule has 0 spiro atoms. The summed E-state index contributed by atoms with van der Waals surface area (Å²) in [5, 5.41) is 2.31. The first-order valence-electron chi connectivity index (χ1n) is 6.74. The van der Waals surface area contributed by atoms with E-state index in [1.165, 1.54) is 21.3 Å². The van der Waals surface area contributed by atoms with E-state index in [1.807, 2.05) is 0 Å². The predicted molar refractivity (Wildman–Crippen MR) is 78.0 cm³/mol. The highest BCUT2D eigenvalue weighted by Crippen LogP contribution is 2.17. The van der Waals surface area contributed by atoms with Crippen molar-refractivity contribution in [1.29, 1.82) is 0 Å². The van der Waals surface area contributed by atoms with Gasteiger partial charge in [-0.2, -0.15) is 0 Å². The van der Waals surface area contributed by atoms with Gasteiger partial charge in [-0.3, -0.25) is 0 Å². The van der Waals surface area contributed by atoms with Gasteiger partial charge >= 0.3 is 6.03 Å².